The van der Waals surface area contributed by atoms with E-state index < -0.39 is 0 Å². The van der Waals surface area contributed by atoms with Crippen LogP contribution in [0.15, 0.2) is 47.1 Å². The Kier molecular flexibility index (Phi) is 5.63. The molecule has 0 aliphatic carbocycles. The van der Waals surface area contributed by atoms with Gasteiger partial charge in [-0.15, -0.1) is 12.4 Å². The van der Waals surface area contributed by atoms with E-state index in [1.165, 1.54) is 11.1 Å². The monoisotopic (exact) mass is 320 g/mol. The number of hydrogen-bond acceptors (Lipinski definition) is 3. The van der Waals surface area contributed by atoms with Crippen molar-refractivity contribution in [3.05, 3.63) is 59.5 Å². The minimum Gasteiger partial charge on any atom is -0.459 e. The predicted molar refractivity (Wildman–Crippen MR) is 88.4 cm³/mol. The molecule has 0 spiro atoms. The van der Waals surface area contributed by atoms with Crippen molar-refractivity contribution < 1.29 is 9.21 Å². The number of aryl methyl sites for hydroxylation is 1. The molecule has 1 aliphatic heterocycles. The van der Waals surface area contributed by atoms with E-state index in [4.69, 9.17) is 4.42 Å². The molecule has 1 fully saturated rings. The van der Waals surface area contributed by atoms with Crippen molar-refractivity contribution in [2.75, 3.05) is 19.6 Å². The molecule has 1 aliphatic rings. The van der Waals surface area contributed by atoms with Crippen LogP contribution in [-0.4, -0.2) is 30.4 Å². The Hall–Kier alpha value is -1.78. The second-order valence-corrected chi connectivity index (χ2v) is 5.29. The molecule has 2 heterocycles. The zero-order valence-corrected chi connectivity index (χ0v) is 13.4. The molecule has 0 radical (unpaired) electrons. The van der Waals surface area contributed by atoms with Crippen LogP contribution in [0.2, 0.25) is 0 Å². The smallest absolute Gasteiger partial charge is 0.290 e. The maximum Gasteiger partial charge on any atom is 0.290 e. The molecule has 0 saturated carbocycles. The van der Waals surface area contributed by atoms with E-state index in [-0.39, 0.29) is 24.4 Å². The first-order chi connectivity index (χ1) is 10.3. The van der Waals surface area contributed by atoms with Gasteiger partial charge >= 0.3 is 0 Å². The van der Waals surface area contributed by atoms with E-state index in [0.29, 0.717) is 12.3 Å². The largest absolute Gasteiger partial charge is 0.459 e. The Labute approximate surface area is 136 Å². The molecule has 1 aromatic carbocycles. The van der Waals surface area contributed by atoms with Crippen molar-refractivity contribution in [3.8, 4) is 0 Å². The molecule has 1 N–H and O–H groups in total. The number of halogens is 1. The van der Waals surface area contributed by atoms with Crippen LogP contribution >= 0.6 is 12.4 Å². The Morgan fingerprint density at radius 1 is 1.32 bits per heavy atom. The van der Waals surface area contributed by atoms with Gasteiger partial charge in [-0.2, -0.15) is 0 Å². The van der Waals surface area contributed by atoms with Gasteiger partial charge in [0.05, 0.1) is 12.3 Å². The van der Waals surface area contributed by atoms with Crippen LogP contribution in [0.3, 0.4) is 0 Å². The minimum absolute atomic E-state index is 0. The average molecular weight is 321 g/mol. The fourth-order valence-corrected chi connectivity index (χ4v) is 2.76. The van der Waals surface area contributed by atoms with Crippen LogP contribution in [0.4, 0.5) is 0 Å². The SMILES string of the molecule is CCc1ccc(C2CNCCN2C(=O)c2ccco2)cc1.Cl. The highest BCUT2D eigenvalue weighted by Gasteiger charge is 2.29. The molecule has 4 nitrogen and oxygen atoms in total. The highest BCUT2D eigenvalue weighted by Crippen LogP contribution is 2.24. The summed E-state index contributed by atoms with van der Waals surface area (Å²) in [6.07, 6.45) is 2.57. The highest BCUT2D eigenvalue weighted by atomic mass is 35.5. The van der Waals surface area contributed by atoms with Gasteiger partial charge in [0.1, 0.15) is 0 Å². The molecule has 1 atom stereocenters. The van der Waals surface area contributed by atoms with E-state index in [1.54, 1.807) is 18.4 Å². The maximum absolute atomic E-state index is 12.6. The van der Waals surface area contributed by atoms with Gasteiger partial charge in [0.25, 0.3) is 5.91 Å². The van der Waals surface area contributed by atoms with E-state index in [2.05, 4.69) is 36.5 Å². The van der Waals surface area contributed by atoms with E-state index in [9.17, 15) is 4.79 Å². The van der Waals surface area contributed by atoms with Crippen molar-refractivity contribution in [1.29, 1.82) is 0 Å². The van der Waals surface area contributed by atoms with Crippen LogP contribution < -0.4 is 5.32 Å². The third kappa shape index (κ3) is 3.34. The Morgan fingerprint density at radius 2 is 2.09 bits per heavy atom. The Morgan fingerprint density at radius 3 is 2.73 bits per heavy atom. The highest BCUT2D eigenvalue weighted by molar-refractivity contribution is 5.91. The first-order valence-electron chi connectivity index (χ1n) is 7.43. The lowest BCUT2D eigenvalue weighted by Gasteiger charge is -2.36. The van der Waals surface area contributed by atoms with Crippen molar-refractivity contribution in [2.24, 2.45) is 0 Å². The van der Waals surface area contributed by atoms with Crippen LogP contribution in [0.5, 0.6) is 0 Å². The fourth-order valence-electron chi connectivity index (χ4n) is 2.76. The number of hydrogen-bond donors (Lipinski definition) is 1. The van der Waals surface area contributed by atoms with Crippen LogP contribution in [-0.2, 0) is 6.42 Å². The quantitative estimate of drug-likeness (QED) is 0.945. The molecule has 1 amide bonds. The fraction of sp³-hybridized carbons (Fsp3) is 0.353. The van der Waals surface area contributed by atoms with Crippen molar-refractivity contribution in [1.82, 2.24) is 10.2 Å². The van der Waals surface area contributed by atoms with Gasteiger partial charge in [0.15, 0.2) is 5.76 Å². The summed E-state index contributed by atoms with van der Waals surface area (Å²) in [7, 11) is 0. The minimum atomic E-state index is -0.0360. The Bertz CT molecular complexity index is 596. The summed E-state index contributed by atoms with van der Waals surface area (Å²) in [5.74, 6) is 0.373. The van der Waals surface area contributed by atoms with Gasteiger partial charge in [-0.3, -0.25) is 4.79 Å². The number of nitrogens with zero attached hydrogens (tertiary/aromatic N) is 1. The zero-order valence-electron chi connectivity index (χ0n) is 12.6. The number of nitrogens with one attached hydrogen (secondary N) is 1. The second-order valence-electron chi connectivity index (χ2n) is 5.29. The standard InChI is InChI=1S/C17H20N2O2.ClH/c1-2-13-5-7-14(8-6-13)15-12-18-9-10-19(15)17(20)16-4-3-11-21-16;/h3-8,11,15,18H,2,9-10,12H2,1H3;1H. The van der Waals surface area contributed by atoms with Gasteiger partial charge in [-0.25, -0.2) is 0 Å². The van der Waals surface area contributed by atoms with Crippen molar-refractivity contribution >= 4 is 18.3 Å². The lowest BCUT2D eigenvalue weighted by Crippen LogP contribution is -2.48. The van der Waals surface area contributed by atoms with E-state index in [1.807, 2.05) is 4.90 Å². The normalized spacial score (nSPS) is 17.9. The molecule has 1 unspecified atom stereocenters. The van der Waals surface area contributed by atoms with Gasteiger partial charge in [-0.05, 0) is 29.7 Å². The summed E-state index contributed by atoms with van der Waals surface area (Å²) in [4.78, 5) is 14.5. The Balaban J connectivity index is 0.00000176. The number of carbonyl (C=O) groups excluding carboxylic acids is 1. The van der Waals surface area contributed by atoms with Crippen molar-refractivity contribution in [2.45, 2.75) is 19.4 Å². The van der Waals surface area contributed by atoms with Crippen molar-refractivity contribution in [3.63, 3.8) is 0 Å². The summed E-state index contributed by atoms with van der Waals surface area (Å²) in [6.45, 7) is 4.43. The maximum atomic E-state index is 12.6. The van der Waals surface area contributed by atoms with Gasteiger partial charge < -0.3 is 14.6 Å². The molecular weight excluding hydrogens is 300 g/mol. The number of carbonyl (C=O) groups is 1. The number of benzene rings is 1. The summed E-state index contributed by atoms with van der Waals surface area (Å²) in [5.41, 5.74) is 2.48. The topological polar surface area (TPSA) is 45.5 Å². The third-order valence-corrected chi connectivity index (χ3v) is 4.01. The molecule has 1 aromatic heterocycles. The molecule has 0 bridgehead atoms. The lowest BCUT2D eigenvalue weighted by molar-refractivity contribution is 0.0601. The summed E-state index contributed by atoms with van der Waals surface area (Å²) in [5, 5.41) is 3.37. The first kappa shape index (κ1) is 16.6. The zero-order chi connectivity index (χ0) is 14.7. The van der Waals surface area contributed by atoms with Crippen LogP contribution in [0.1, 0.15) is 34.6 Å². The van der Waals surface area contributed by atoms with Gasteiger partial charge in [-0.1, -0.05) is 31.2 Å². The number of rotatable bonds is 3. The lowest BCUT2D eigenvalue weighted by atomic mass is 10.0. The molecule has 1 saturated heterocycles. The van der Waals surface area contributed by atoms with E-state index >= 15 is 0 Å². The van der Waals surface area contributed by atoms with Gasteiger partial charge in [0.2, 0.25) is 0 Å². The molecule has 5 heteroatoms. The molecular formula is C17H21ClN2O2. The summed E-state index contributed by atoms with van der Waals surface area (Å²) in [6, 6.07) is 12.1. The molecule has 3 rings (SSSR count). The second kappa shape index (κ2) is 7.47. The van der Waals surface area contributed by atoms with Gasteiger partial charge in [0, 0.05) is 19.6 Å². The average Bonchev–Trinajstić information content (AvgIpc) is 3.09. The molecule has 118 valence electrons. The van der Waals surface area contributed by atoms with E-state index in [0.717, 1.165) is 19.5 Å². The third-order valence-electron chi connectivity index (χ3n) is 4.01. The predicted octanol–water partition coefficient (Wildman–Crippen LogP) is 3.05. The number of furan rings is 1. The number of amides is 1. The summed E-state index contributed by atoms with van der Waals surface area (Å²) >= 11 is 0. The number of piperazine rings is 1. The van der Waals surface area contributed by atoms with Crippen LogP contribution in [0.25, 0.3) is 0 Å². The first-order valence-corrected chi connectivity index (χ1v) is 7.43. The molecule has 22 heavy (non-hydrogen) atoms. The van der Waals surface area contributed by atoms with Crippen LogP contribution in [0, 0.1) is 0 Å². The molecule has 2 aromatic rings. The summed E-state index contributed by atoms with van der Waals surface area (Å²) < 4.78 is 5.26.